The fraction of sp³-hybridized carbons (Fsp3) is 0.278. The number of amides is 1. The van der Waals surface area contributed by atoms with Crippen LogP contribution in [-0.4, -0.2) is 40.0 Å². The lowest BCUT2D eigenvalue weighted by Gasteiger charge is -2.17. The van der Waals surface area contributed by atoms with Gasteiger partial charge in [-0.1, -0.05) is 19.1 Å². The van der Waals surface area contributed by atoms with Crippen molar-refractivity contribution in [3.05, 3.63) is 48.5 Å². The minimum absolute atomic E-state index is 0.133. The van der Waals surface area contributed by atoms with Gasteiger partial charge in [0.2, 0.25) is 10.0 Å². The van der Waals surface area contributed by atoms with Crippen LogP contribution in [0.4, 0.5) is 11.4 Å². The largest absolute Gasteiger partial charge is 0.484 e. The van der Waals surface area contributed by atoms with Crippen LogP contribution in [0.25, 0.3) is 0 Å². The number of carbonyl (C=O) groups is 1. The zero-order valence-corrected chi connectivity index (χ0v) is 16.6. The lowest BCUT2D eigenvalue weighted by atomic mass is 10.3. The molecule has 0 aromatic heterocycles. The van der Waals surface area contributed by atoms with E-state index in [1.807, 2.05) is 24.3 Å². The minimum Gasteiger partial charge on any atom is -0.484 e. The van der Waals surface area contributed by atoms with Gasteiger partial charge in [0, 0.05) is 11.9 Å². The zero-order chi connectivity index (χ0) is 19.2. The average Bonchev–Trinajstić information content (AvgIpc) is 2.61. The molecule has 8 heteroatoms. The van der Waals surface area contributed by atoms with Crippen LogP contribution >= 0.6 is 11.8 Å². The molecule has 2 aromatic rings. The first-order chi connectivity index (χ1) is 12.3. The monoisotopic (exact) mass is 394 g/mol. The Kier molecular flexibility index (Phi) is 6.93. The molecule has 0 atom stereocenters. The summed E-state index contributed by atoms with van der Waals surface area (Å²) in [6.07, 6.45) is 1.14. The number of benzene rings is 2. The molecule has 26 heavy (non-hydrogen) atoms. The van der Waals surface area contributed by atoms with Crippen molar-refractivity contribution in [2.45, 2.75) is 11.8 Å². The van der Waals surface area contributed by atoms with Gasteiger partial charge in [-0.25, -0.2) is 8.42 Å². The third kappa shape index (κ3) is 5.67. The van der Waals surface area contributed by atoms with E-state index in [0.29, 0.717) is 11.4 Å². The highest BCUT2D eigenvalue weighted by Crippen LogP contribution is 2.26. The summed E-state index contributed by atoms with van der Waals surface area (Å²) in [7, 11) is -1.83. The molecular weight excluding hydrogens is 372 g/mol. The minimum atomic E-state index is -3.31. The number of sulfonamides is 1. The molecule has 0 saturated heterocycles. The summed E-state index contributed by atoms with van der Waals surface area (Å²) in [5, 5.41) is 2.84. The van der Waals surface area contributed by atoms with E-state index in [0.717, 1.165) is 22.6 Å². The van der Waals surface area contributed by atoms with Crippen molar-refractivity contribution in [3.8, 4) is 5.75 Å². The fourth-order valence-electron chi connectivity index (χ4n) is 2.13. The number of rotatable bonds is 8. The Morgan fingerprint density at radius 3 is 2.42 bits per heavy atom. The Balaban J connectivity index is 1.94. The molecule has 0 heterocycles. The molecule has 0 bridgehead atoms. The second-order valence-electron chi connectivity index (χ2n) is 5.49. The summed E-state index contributed by atoms with van der Waals surface area (Å²) in [5.74, 6) is 1.14. The Morgan fingerprint density at radius 2 is 1.81 bits per heavy atom. The van der Waals surface area contributed by atoms with Crippen LogP contribution in [0, 0.1) is 0 Å². The van der Waals surface area contributed by atoms with Crippen molar-refractivity contribution < 1.29 is 17.9 Å². The number of para-hydroxylation sites is 1. The molecule has 0 spiro atoms. The molecule has 0 aliphatic carbocycles. The van der Waals surface area contributed by atoms with Gasteiger partial charge in [0.05, 0.1) is 17.6 Å². The molecule has 2 aromatic carbocycles. The smallest absolute Gasteiger partial charge is 0.262 e. The van der Waals surface area contributed by atoms with E-state index in [1.54, 1.807) is 36.0 Å². The van der Waals surface area contributed by atoms with E-state index < -0.39 is 10.0 Å². The number of thioether (sulfide) groups is 1. The third-order valence-electron chi connectivity index (χ3n) is 3.53. The Bertz CT molecular complexity index is 852. The number of anilines is 2. The highest BCUT2D eigenvalue weighted by atomic mass is 32.2. The van der Waals surface area contributed by atoms with Crippen LogP contribution in [0.1, 0.15) is 6.92 Å². The summed E-state index contributed by atoms with van der Waals surface area (Å²) in [6.45, 7) is 1.92. The molecule has 1 amide bonds. The molecule has 0 radical (unpaired) electrons. The number of nitrogens with zero attached hydrogens (tertiary/aromatic N) is 1. The van der Waals surface area contributed by atoms with Crippen LogP contribution in [0.5, 0.6) is 5.75 Å². The molecule has 2 rings (SSSR count). The molecular formula is C18H22N2O4S2. The number of hydrogen-bond donors (Lipinski definition) is 1. The lowest BCUT2D eigenvalue weighted by molar-refractivity contribution is -0.118. The molecule has 0 aliphatic rings. The van der Waals surface area contributed by atoms with E-state index in [-0.39, 0.29) is 12.5 Å². The van der Waals surface area contributed by atoms with Crippen molar-refractivity contribution >= 4 is 39.1 Å². The average molecular weight is 395 g/mol. The lowest BCUT2D eigenvalue weighted by Crippen LogP contribution is -2.24. The van der Waals surface area contributed by atoms with Gasteiger partial charge in [-0.05, 0) is 42.2 Å². The van der Waals surface area contributed by atoms with Crippen molar-refractivity contribution in [1.82, 2.24) is 0 Å². The first kappa shape index (κ1) is 20.1. The summed E-state index contributed by atoms with van der Waals surface area (Å²) < 4.78 is 29.7. The van der Waals surface area contributed by atoms with Gasteiger partial charge in [0.1, 0.15) is 5.75 Å². The molecule has 6 nitrogen and oxygen atoms in total. The van der Waals surface area contributed by atoms with Crippen LogP contribution in [0.15, 0.2) is 53.4 Å². The van der Waals surface area contributed by atoms with Crippen LogP contribution in [-0.2, 0) is 14.8 Å². The molecule has 0 fully saturated rings. The van der Waals surface area contributed by atoms with Crippen molar-refractivity contribution in [2.75, 3.05) is 35.3 Å². The van der Waals surface area contributed by atoms with Gasteiger partial charge in [0.25, 0.3) is 5.91 Å². The first-order valence-electron chi connectivity index (χ1n) is 7.99. The zero-order valence-electron chi connectivity index (χ0n) is 14.9. The number of carbonyl (C=O) groups excluding carboxylic acids is 1. The van der Waals surface area contributed by atoms with Gasteiger partial charge in [-0.2, -0.15) is 0 Å². The first-order valence-corrected chi connectivity index (χ1v) is 10.8. The van der Waals surface area contributed by atoms with Crippen molar-refractivity contribution in [2.24, 2.45) is 0 Å². The quantitative estimate of drug-likeness (QED) is 0.696. The third-order valence-corrected chi connectivity index (χ3v) is 5.69. The number of ether oxygens (including phenoxy) is 1. The summed E-state index contributed by atoms with van der Waals surface area (Å²) in [5.41, 5.74) is 1.29. The van der Waals surface area contributed by atoms with Crippen LogP contribution in [0.2, 0.25) is 0 Å². The van der Waals surface area contributed by atoms with Gasteiger partial charge in [0.15, 0.2) is 6.61 Å². The highest BCUT2D eigenvalue weighted by Gasteiger charge is 2.12. The maximum atomic E-state index is 12.1. The SMILES string of the molecule is CCSc1ccccc1NC(=O)COc1ccc(N(C)S(C)(=O)=O)cc1. The molecule has 0 aliphatic heterocycles. The summed E-state index contributed by atoms with van der Waals surface area (Å²) in [6, 6.07) is 14.1. The second kappa shape index (κ2) is 8.95. The number of nitrogens with one attached hydrogen (secondary N) is 1. The van der Waals surface area contributed by atoms with Gasteiger partial charge >= 0.3 is 0 Å². The normalized spacial score (nSPS) is 11.0. The predicted molar refractivity (Wildman–Crippen MR) is 107 cm³/mol. The predicted octanol–water partition coefficient (Wildman–Crippen LogP) is 3.21. The molecule has 0 unspecified atom stereocenters. The highest BCUT2D eigenvalue weighted by molar-refractivity contribution is 7.99. The summed E-state index contributed by atoms with van der Waals surface area (Å²) in [4.78, 5) is 13.1. The Labute approximate surface area is 158 Å². The van der Waals surface area contributed by atoms with E-state index in [9.17, 15) is 13.2 Å². The molecule has 0 saturated carbocycles. The van der Waals surface area contributed by atoms with Crippen LogP contribution in [0.3, 0.4) is 0 Å². The van der Waals surface area contributed by atoms with E-state index in [2.05, 4.69) is 12.2 Å². The topological polar surface area (TPSA) is 75.7 Å². The Morgan fingerprint density at radius 1 is 1.15 bits per heavy atom. The van der Waals surface area contributed by atoms with Crippen molar-refractivity contribution in [3.63, 3.8) is 0 Å². The van der Waals surface area contributed by atoms with Gasteiger partial charge < -0.3 is 10.1 Å². The van der Waals surface area contributed by atoms with Crippen molar-refractivity contribution in [1.29, 1.82) is 0 Å². The Hall–Kier alpha value is -2.19. The summed E-state index contributed by atoms with van der Waals surface area (Å²) >= 11 is 1.66. The number of hydrogen-bond acceptors (Lipinski definition) is 5. The maximum Gasteiger partial charge on any atom is 0.262 e. The van der Waals surface area contributed by atoms with E-state index in [4.69, 9.17) is 4.74 Å². The van der Waals surface area contributed by atoms with Gasteiger partial charge in [-0.15, -0.1) is 11.8 Å². The van der Waals surface area contributed by atoms with Crippen LogP contribution < -0.4 is 14.4 Å². The fourth-order valence-corrected chi connectivity index (χ4v) is 3.40. The standard InChI is InChI=1S/C18H22N2O4S2/c1-4-25-17-8-6-5-7-16(17)19-18(21)13-24-15-11-9-14(10-12-15)20(2)26(3,22)23/h5-12H,4,13H2,1-3H3,(H,19,21). The van der Waals surface area contributed by atoms with Gasteiger partial charge in [-0.3, -0.25) is 9.10 Å². The van der Waals surface area contributed by atoms with E-state index in [1.165, 1.54) is 11.4 Å². The molecule has 1 N–H and O–H groups in total. The molecule has 140 valence electrons. The second-order valence-corrected chi connectivity index (χ2v) is 8.81. The van der Waals surface area contributed by atoms with E-state index >= 15 is 0 Å². The maximum absolute atomic E-state index is 12.1.